The molecule has 0 fully saturated rings. The highest BCUT2D eigenvalue weighted by atomic mass is 16.5. The Balaban J connectivity index is 3.36. The topological polar surface area (TPSA) is 31.9 Å². The lowest BCUT2D eigenvalue weighted by Gasteiger charge is -2.17. The van der Waals surface area contributed by atoms with Crippen LogP contribution in [0.25, 0.3) is 0 Å². The third kappa shape index (κ3) is 2.60. The van der Waals surface area contributed by atoms with E-state index in [2.05, 4.69) is 0 Å². The molecule has 0 saturated heterocycles. The van der Waals surface area contributed by atoms with Crippen LogP contribution in [0.3, 0.4) is 0 Å². The lowest BCUT2D eigenvalue weighted by Crippen LogP contribution is -2.34. The van der Waals surface area contributed by atoms with E-state index in [1.54, 1.807) is 0 Å². The van der Waals surface area contributed by atoms with Gasteiger partial charge in [0.1, 0.15) is 0 Å². The number of hydrogen-bond acceptors (Lipinski definition) is 1. The molecule has 0 aliphatic rings. The van der Waals surface area contributed by atoms with E-state index in [1.165, 1.54) is 0 Å². The second-order valence-electron chi connectivity index (χ2n) is 2.34. The average molecular weight is 102 g/mol. The average Bonchev–Trinajstić information content (AvgIpc) is 1.68. The fourth-order valence-corrected chi connectivity index (χ4v) is 0.0722. The van der Waals surface area contributed by atoms with E-state index in [4.69, 9.17) is 0 Å². The van der Waals surface area contributed by atoms with Crippen molar-refractivity contribution in [2.24, 2.45) is 0 Å². The normalized spacial score (nSPS) is 12.0. The fourth-order valence-electron chi connectivity index (χ4n) is 0.0722. The van der Waals surface area contributed by atoms with Crippen molar-refractivity contribution in [1.29, 1.82) is 0 Å². The first-order valence-electron chi connectivity index (χ1n) is 2.51. The standard InChI is InChI=1S/C5H12NO/c1-4-5(2,3)6-7/h6H,4H2,1-3H3. The first-order valence-corrected chi connectivity index (χ1v) is 2.51. The van der Waals surface area contributed by atoms with Crippen LogP contribution in [-0.4, -0.2) is 5.54 Å². The Bertz CT molecular complexity index is 46.0. The Labute approximate surface area is 44.5 Å². The molecule has 0 rings (SSSR count). The molecule has 0 saturated carbocycles. The Morgan fingerprint density at radius 3 is 2.00 bits per heavy atom. The summed E-state index contributed by atoms with van der Waals surface area (Å²) in [6.45, 7) is 5.73. The van der Waals surface area contributed by atoms with E-state index in [0.717, 1.165) is 6.42 Å². The van der Waals surface area contributed by atoms with Crippen LogP contribution in [0.5, 0.6) is 0 Å². The zero-order valence-electron chi connectivity index (χ0n) is 5.12. The van der Waals surface area contributed by atoms with Crippen LogP contribution in [0.15, 0.2) is 0 Å². The molecular weight excluding hydrogens is 90.1 g/mol. The first kappa shape index (κ1) is 6.92. The molecule has 0 aromatic rings. The van der Waals surface area contributed by atoms with Crippen LogP contribution in [-0.2, 0) is 5.21 Å². The van der Waals surface area contributed by atoms with E-state index in [1.807, 2.05) is 26.3 Å². The Kier molecular flexibility index (Phi) is 2.26. The van der Waals surface area contributed by atoms with Crippen molar-refractivity contribution in [2.75, 3.05) is 0 Å². The fraction of sp³-hybridized carbons (Fsp3) is 1.00. The highest BCUT2D eigenvalue weighted by molar-refractivity contribution is 4.68. The van der Waals surface area contributed by atoms with Gasteiger partial charge in [0.25, 0.3) is 0 Å². The van der Waals surface area contributed by atoms with E-state index in [-0.39, 0.29) is 5.54 Å². The van der Waals surface area contributed by atoms with Gasteiger partial charge in [-0.25, -0.2) is 0 Å². The molecule has 2 nitrogen and oxygen atoms in total. The zero-order chi connectivity index (χ0) is 5.91. The summed E-state index contributed by atoms with van der Waals surface area (Å²) in [5.74, 6) is 0. The van der Waals surface area contributed by atoms with Crippen molar-refractivity contribution in [3.8, 4) is 0 Å². The van der Waals surface area contributed by atoms with Crippen molar-refractivity contribution in [3.63, 3.8) is 0 Å². The Morgan fingerprint density at radius 2 is 2.00 bits per heavy atom. The zero-order valence-corrected chi connectivity index (χ0v) is 5.12. The lowest BCUT2D eigenvalue weighted by atomic mass is 10.0. The number of hydroxylamine groups is 1. The smallest absolute Gasteiger partial charge is 0.0404 e. The molecule has 0 heterocycles. The van der Waals surface area contributed by atoms with Gasteiger partial charge in [-0.2, -0.15) is 5.48 Å². The third-order valence-electron chi connectivity index (χ3n) is 1.16. The summed E-state index contributed by atoms with van der Waals surface area (Å²) in [7, 11) is 0. The number of nitrogens with one attached hydrogen (secondary N) is 1. The minimum Gasteiger partial charge on any atom is -0.162 e. The van der Waals surface area contributed by atoms with Gasteiger partial charge in [-0.05, 0) is 20.3 Å². The largest absolute Gasteiger partial charge is 0.162 e. The van der Waals surface area contributed by atoms with Crippen LogP contribution in [0, 0.1) is 0 Å². The lowest BCUT2D eigenvalue weighted by molar-refractivity contribution is 0.00812. The minimum atomic E-state index is -0.222. The van der Waals surface area contributed by atoms with Crippen LogP contribution >= 0.6 is 0 Å². The number of rotatable bonds is 2. The van der Waals surface area contributed by atoms with Gasteiger partial charge in [0, 0.05) is 5.54 Å². The molecule has 0 bridgehead atoms. The second-order valence-corrected chi connectivity index (χ2v) is 2.34. The van der Waals surface area contributed by atoms with E-state index in [9.17, 15) is 5.21 Å². The van der Waals surface area contributed by atoms with Crippen LogP contribution < -0.4 is 5.48 Å². The third-order valence-corrected chi connectivity index (χ3v) is 1.16. The van der Waals surface area contributed by atoms with Gasteiger partial charge in [0.15, 0.2) is 0 Å². The van der Waals surface area contributed by atoms with Crippen molar-refractivity contribution in [3.05, 3.63) is 0 Å². The Hall–Kier alpha value is -0.0800. The Morgan fingerprint density at radius 1 is 1.57 bits per heavy atom. The maximum absolute atomic E-state index is 9.93. The van der Waals surface area contributed by atoms with Gasteiger partial charge >= 0.3 is 0 Å². The molecule has 43 valence electrons. The van der Waals surface area contributed by atoms with Crippen LogP contribution in [0.2, 0.25) is 0 Å². The van der Waals surface area contributed by atoms with Gasteiger partial charge in [0.2, 0.25) is 0 Å². The predicted molar refractivity (Wildman–Crippen MR) is 28.2 cm³/mol. The molecule has 2 heteroatoms. The monoisotopic (exact) mass is 102 g/mol. The maximum atomic E-state index is 9.93. The van der Waals surface area contributed by atoms with Crippen LogP contribution in [0.4, 0.5) is 0 Å². The molecular formula is C5H12NO. The predicted octanol–water partition coefficient (Wildman–Crippen LogP) is 1.11. The molecule has 0 spiro atoms. The van der Waals surface area contributed by atoms with Crippen molar-refractivity contribution >= 4 is 0 Å². The summed E-state index contributed by atoms with van der Waals surface area (Å²) in [6, 6.07) is 0. The first-order chi connectivity index (χ1) is 3.12. The minimum absolute atomic E-state index is 0.222. The number of hydrogen-bond donors (Lipinski definition) is 1. The molecule has 0 aliphatic carbocycles. The highest BCUT2D eigenvalue weighted by Crippen LogP contribution is 2.03. The van der Waals surface area contributed by atoms with E-state index in [0.29, 0.717) is 0 Å². The molecule has 0 amide bonds. The summed E-state index contributed by atoms with van der Waals surface area (Å²) in [6.07, 6.45) is 0.872. The summed E-state index contributed by atoms with van der Waals surface area (Å²) in [4.78, 5) is 0. The van der Waals surface area contributed by atoms with Gasteiger partial charge in [0.05, 0.1) is 0 Å². The van der Waals surface area contributed by atoms with Gasteiger partial charge in [-0.15, -0.1) is 5.21 Å². The summed E-state index contributed by atoms with van der Waals surface area (Å²) in [5.41, 5.74) is 1.72. The maximum Gasteiger partial charge on any atom is 0.0404 e. The van der Waals surface area contributed by atoms with Gasteiger partial charge in [-0.1, -0.05) is 6.92 Å². The molecule has 7 heavy (non-hydrogen) atoms. The second kappa shape index (κ2) is 2.28. The molecule has 0 aromatic carbocycles. The highest BCUT2D eigenvalue weighted by Gasteiger charge is 2.11. The van der Waals surface area contributed by atoms with Crippen molar-refractivity contribution < 1.29 is 5.21 Å². The quantitative estimate of drug-likeness (QED) is 0.520. The van der Waals surface area contributed by atoms with Crippen LogP contribution in [0.1, 0.15) is 27.2 Å². The molecule has 1 N–H and O–H groups in total. The van der Waals surface area contributed by atoms with E-state index >= 15 is 0 Å². The summed E-state index contributed by atoms with van der Waals surface area (Å²) >= 11 is 0. The van der Waals surface area contributed by atoms with Gasteiger partial charge in [-0.3, -0.25) is 0 Å². The summed E-state index contributed by atoms with van der Waals surface area (Å²) < 4.78 is 0. The molecule has 0 aromatic heterocycles. The summed E-state index contributed by atoms with van der Waals surface area (Å²) in [5, 5.41) is 9.93. The van der Waals surface area contributed by atoms with Crippen molar-refractivity contribution in [1.82, 2.24) is 5.48 Å². The SMILES string of the molecule is CCC(C)(C)N[O]. The molecule has 0 atom stereocenters. The molecule has 0 aliphatic heterocycles. The molecule has 1 radical (unpaired) electrons. The molecule has 0 unspecified atom stereocenters. The van der Waals surface area contributed by atoms with Gasteiger partial charge < -0.3 is 0 Å². The van der Waals surface area contributed by atoms with Crippen molar-refractivity contribution in [2.45, 2.75) is 32.7 Å². The van der Waals surface area contributed by atoms with E-state index < -0.39 is 0 Å².